The lowest BCUT2D eigenvalue weighted by Crippen LogP contribution is -2.35. The van der Waals surface area contributed by atoms with Gasteiger partial charge in [-0.3, -0.25) is 0 Å². The van der Waals surface area contributed by atoms with Crippen LogP contribution in [-0.2, 0) is 16.6 Å². The van der Waals surface area contributed by atoms with E-state index in [0.717, 1.165) is 18.4 Å². The molecule has 1 aromatic carbocycles. The maximum atomic E-state index is 12.6. The van der Waals surface area contributed by atoms with Crippen LogP contribution in [0.1, 0.15) is 24.0 Å². The number of nitrogens with zero attached hydrogens (tertiary/aromatic N) is 1. The SMILES string of the molecule is Cc1cc(CN)ccc1S(=O)(=O)N(CCO)C1CC1. The molecule has 0 saturated heterocycles. The summed E-state index contributed by atoms with van der Waals surface area (Å²) in [5.74, 6) is 0. The number of hydrogen-bond acceptors (Lipinski definition) is 4. The molecule has 3 N–H and O–H groups in total. The Bertz CT molecular complexity index is 553. The van der Waals surface area contributed by atoms with Crippen LogP contribution < -0.4 is 5.73 Å². The molecule has 0 unspecified atom stereocenters. The van der Waals surface area contributed by atoms with Gasteiger partial charge in [-0.25, -0.2) is 8.42 Å². The third kappa shape index (κ3) is 2.97. The smallest absolute Gasteiger partial charge is 0.243 e. The Morgan fingerprint density at radius 2 is 2.11 bits per heavy atom. The Balaban J connectivity index is 2.37. The van der Waals surface area contributed by atoms with Crippen molar-refractivity contribution < 1.29 is 13.5 Å². The van der Waals surface area contributed by atoms with Crippen LogP contribution in [0, 0.1) is 6.92 Å². The summed E-state index contributed by atoms with van der Waals surface area (Å²) in [6.45, 7) is 2.17. The van der Waals surface area contributed by atoms with Crippen molar-refractivity contribution in [1.29, 1.82) is 0 Å². The summed E-state index contributed by atoms with van der Waals surface area (Å²) < 4.78 is 26.6. The van der Waals surface area contributed by atoms with Crippen molar-refractivity contribution in [3.8, 4) is 0 Å². The summed E-state index contributed by atoms with van der Waals surface area (Å²) in [5.41, 5.74) is 7.16. The van der Waals surface area contributed by atoms with E-state index in [9.17, 15) is 8.42 Å². The Morgan fingerprint density at radius 1 is 1.42 bits per heavy atom. The molecule has 1 aliphatic carbocycles. The highest BCUT2D eigenvalue weighted by atomic mass is 32.2. The average Bonchev–Trinajstić information content (AvgIpc) is 3.19. The summed E-state index contributed by atoms with van der Waals surface area (Å²) in [6.07, 6.45) is 1.75. The number of rotatable bonds is 6. The van der Waals surface area contributed by atoms with Crippen molar-refractivity contribution >= 4 is 10.0 Å². The molecule has 0 heterocycles. The molecule has 0 atom stereocenters. The monoisotopic (exact) mass is 284 g/mol. The molecular formula is C13H20N2O3S. The van der Waals surface area contributed by atoms with Gasteiger partial charge in [-0.15, -0.1) is 0 Å². The first-order valence-electron chi connectivity index (χ1n) is 6.43. The van der Waals surface area contributed by atoms with E-state index in [1.165, 1.54) is 4.31 Å². The second-order valence-electron chi connectivity index (χ2n) is 4.87. The summed E-state index contributed by atoms with van der Waals surface area (Å²) in [7, 11) is -3.52. The van der Waals surface area contributed by atoms with E-state index in [1.54, 1.807) is 25.1 Å². The summed E-state index contributed by atoms with van der Waals surface area (Å²) in [4.78, 5) is 0.310. The number of aryl methyl sites for hydroxylation is 1. The molecule has 2 rings (SSSR count). The molecule has 0 amide bonds. The van der Waals surface area contributed by atoms with Crippen molar-refractivity contribution in [3.05, 3.63) is 29.3 Å². The minimum atomic E-state index is -3.52. The van der Waals surface area contributed by atoms with Crippen LogP contribution in [0.3, 0.4) is 0 Å². The van der Waals surface area contributed by atoms with Gasteiger partial charge >= 0.3 is 0 Å². The lowest BCUT2D eigenvalue weighted by Gasteiger charge is -2.22. The van der Waals surface area contributed by atoms with Crippen molar-refractivity contribution in [2.75, 3.05) is 13.2 Å². The minimum absolute atomic E-state index is 0.0470. The van der Waals surface area contributed by atoms with Crippen LogP contribution in [0.2, 0.25) is 0 Å². The number of nitrogens with two attached hydrogens (primary N) is 1. The van der Waals surface area contributed by atoms with Gasteiger partial charge in [-0.1, -0.05) is 12.1 Å². The third-order valence-electron chi connectivity index (χ3n) is 3.34. The first-order chi connectivity index (χ1) is 9.00. The normalized spacial score (nSPS) is 16.0. The Morgan fingerprint density at radius 3 is 2.58 bits per heavy atom. The lowest BCUT2D eigenvalue weighted by atomic mass is 10.1. The molecule has 0 aromatic heterocycles. The average molecular weight is 284 g/mol. The number of aliphatic hydroxyl groups excluding tert-OH is 1. The van der Waals surface area contributed by atoms with Crippen LogP contribution in [0.4, 0.5) is 0 Å². The third-order valence-corrected chi connectivity index (χ3v) is 5.45. The fourth-order valence-corrected chi connectivity index (χ4v) is 4.10. The standard InChI is InChI=1S/C13H20N2O3S/c1-10-8-11(9-14)2-5-13(10)19(17,18)15(6-7-16)12-3-4-12/h2,5,8,12,16H,3-4,6-7,9,14H2,1H3. The first-order valence-corrected chi connectivity index (χ1v) is 7.87. The Kier molecular flexibility index (Phi) is 4.25. The van der Waals surface area contributed by atoms with E-state index in [2.05, 4.69) is 0 Å². The highest BCUT2D eigenvalue weighted by Crippen LogP contribution is 2.32. The van der Waals surface area contributed by atoms with Crippen LogP contribution in [0.5, 0.6) is 0 Å². The summed E-state index contributed by atoms with van der Waals surface area (Å²) in [6, 6.07) is 5.20. The largest absolute Gasteiger partial charge is 0.395 e. The van der Waals surface area contributed by atoms with Crippen molar-refractivity contribution in [2.24, 2.45) is 5.73 Å². The fourth-order valence-electron chi connectivity index (χ4n) is 2.21. The van der Waals surface area contributed by atoms with Crippen LogP contribution in [0.25, 0.3) is 0 Å². The minimum Gasteiger partial charge on any atom is -0.395 e. The number of aliphatic hydroxyl groups is 1. The van der Waals surface area contributed by atoms with Crippen LogP contribution in [-0.4, -0.2) is 37.0 Å². The van der Waals surface area contributed by atoms with E-state index < -0.39 is 10.0 Å². The Labute approximate surface area is 114 Å². The lowest BCUT2D eigenvalue weighted by molar-refractivity contribution is 0.250. The molecule has 1 aromatic rings. The highest BCUT2D eigenvalue weighted by molar-refractivity contribution is 7.89. The molecule has 1 fully saturated rings. The maximum Gasteiger partial charge on any atom is 0.243 e. The fraction of sp³-hybridized carbons (Fsp3) is 0.538. The zero-order chi connectivity index (χ0) is 14.0. The molecule has 19 heavy (non-hydrogen) atoms. The van der Waals surface area contributed by atoms with Gasteiger partial charge < -0.3 is 10.8 Å². The molecule has 106 valence electrons. The topological polar surface area (TPSA) is 83.6 Å². The molecule has 0 radical (unpaired) electrons. The quantitative estimate of drug-likeness (QED) is 0.801. The van der Waals surface area contributed by atoms with Gasteiger partial charge in [0, 0.05) is 19.1 Å². The van der Waals surface area contributed by atoms with Gasteiger partial charge in [0.15, 0.2) is 0 Å². The number of sulfonamides is 1. The number of hydrogen-bond donors (Lipinski definition) is 2. The zero-order valence-corrected chi connectivity index (χ0v) is 11.9. The zero-order valence-electron chi connectivity index (χ0n) is 11.0. The molecule has 6 heteroatoms. The highest BCUT2D eigenvalue weighted by Gasteiger charge is 2.38. The maximum absolute atomic E-state index is 12.6. The molecule has 0 aliphatic heterocycles. The van der Waals surface area contributed by atoms with Gasteiger partial charge in [-0.2, -0.15) is 4.31 Å². The van der Waals surface area contributed by atoms with E-state index in [1.807, 2.05) is 0 Å². The molecule has 0 bridgehead atoms. The molecule has 1 aliphatic rings. The molecule has 1 saturated carbocycles. The van der Waals surface area contributed by atoms with E-state index in [4.69, 9.17) is 10.8 Å². The summed E-state index contributed by atoms with van der Waals surface area (Å²) in [5, 5.41) is 9.05. The van der Waals surface area contributed by atoms with E-state index in [-0.39, 0.29) is 19.2 Å². The van der Waals surface area contributed by atoms with Gasteiger partial charge in [0.2, 0.25) is 10.0 Å². The van der Waals surface area contributed by atoms with Crippen molar-refractivity contribution in [2.45, 2.75) is 37.2 Å². The van der Waals surface area contributed by atoms with E-state index >= 15 is 0 Å². The van der Waals surface area contributed by atoms with Gasteiger partial charge in [0.05, 0.1) is 11.5 Å². The first kappa shape index (κ1) is 14.5. The predicted molar refractivity (Wildman–Crippen MR) is 73.1 cm³/mol. The summed E-state index contributed by atoms with van der Waals surface area (Å²) >= 11 is 0. The second-order valence-corrected chi connectivity index (χ2v) is 6.73. The molecule has 0 spiro atoms. The number of benzene rings is 1. The van der Waals surface area contributed by atoms with Gasteiger partial charge in [0.25, 0.3) is 0 Å². The van der Waals surface area contributed by atoms with E-state index in [0.29, 0.717) is 17.0 Å². The van der Waals surface area contributed by atoms with Crippen molar-refractivity contribution in [3.63, 3.8) is 0 Å². The van der Waals surface area contributed by atoms with Crippen molar-refractivity contribution in [1.82, 2.24) is 4.31 Å². The van der Waals surface area contributed by atoms with Crippen LogP contribution >= 0.6 is 0 Å². The van der Waals surface area contributed by atoms with Crippen LogP contribution in [0.15, 0.2) is 23.1 Å². The Hall–Kier alpha value is -0.950. The van der Waals surface area contributed by atoms with Gasteiger partial charge in [-0.05, 0) is 37.0 Å². The predicted octanol–water partition coefficient (Wildman–Crippen LogP) is 0.599. The second kappa shape index (κ2) is 5.58. The van der Waals surface area contributed by atoms with Gasteiger partial charge in [0.1, 0.15) is 0 Å². The molecule has 5 nitrogen and oxygen atoms in total. The molecular weight excluding hydrogens is 264 g/mol.